The van der Waals surface area contributed by atoms with Gasteiger partial charge in [-0.05, 0) is 56.5 Å². The Morgan fingerprint density at radius 3 is 2.50 bits per heavy atom. The van der Waals surface area contributed by atoms with Crippen molar-refractivity contribution >= 4 is 5.91 Å². The fourth-order valence-corrected chi connectivity index (χ4v) is 3.71. The lowest BCUT2D eigenvalue weighted by atomic mass is 9.90. The summed E-state index contributed by atoms with van der Waals surface area (Å²) in [5, 5.41) is 10.9. The van der Waals surface area contributed by atoms with Crippen LogP contribution in [-0.2, 0) is 11.3 Å². The summed E-state index contributed by atoms with van der Waals surface area (Å²) < 4.78 is 26.4. The Morgan fingerprint density at radius 2 is 1.79 bits per heavy atom. The number of benzene rings is 1. The van der Waals surface area contributed by atoms with E-state index in [2.05, 4.69) is 4.90 Å². The first kappa shape index (κ1) is 17.3. The molecule has 1 aromatic rings. The van der Waals surface area contributed by atoms with Crippen molar-refractivity contribution in [2.75, 3.05) is 26.2 Å². The molecule has 0 aliphatic carbocycles. The first-order chi connectivity index (χ1) is 11.5. The Labute approximate surface area is 141 Å². The first-order valence-corrected chi connectivity index (χ1v) is 8.66. The Balaban J connectivity index is 1.68. The predicted octanol–water partition coefficient (Wildman–Crippen LogP) is 2.30. The second-order valence-corrected chi connectivity index (χ2v) is 6.95. The molecular weight excluding hydrogens is 314 g/mol. The van der Waals surface area contributed by atoms with Crippen molar-refractivity contribution in [3.8, 4) is 0 Å². The molecule has 4 nitrogen and oxygen atoms in total. The van der Waals surface area contributed by atoms with Gasteiger partial charge in [-0.25, -0.2) is 8.78 Å². The maximum atomic E-state index is 13.4. The summed E-state index contributed by atoms with van der Waals surface area (Å²) in [7, 11) is 0. The first-order valence-electron chi connectivity index (χ1n) is 8.66. The van der Waals surface area contributed by atoms with Gasteiger partial charge in [0.2, 0.25) is 0 Å². The lowest BCUT2D eigenvalue weighted by Gasteiger charge is -2.41. The van der Waals surface area contributed by atoms with E-state index in [1.54, 1.807) is 4.90 Å². The van der Waals surface area contributed by atoms with Crippen molar-refractivity contribution in [3.05, 3.63) is 35.4 Å². The van der Waals surface area contributed by atoms with Gasteiger partial charge >= 0.3 is 0 Å². The average Bonchev–Trinajstić information content (AvgIpc) is 2.56. The van der Waals surface area contributed by atoms with Gasteiger partial charge in [0.1, 0.15) is 0 Å². The third kappa shape index (κ3) is 3.75. The zero-order chi connectivity index (χ0) is 17.2. The molecule has 1 atom stereocenters. The highest BCUT2D eigenvalue weighted by Crippen LogP contribution is 2.26. The minimum Gasteiger partial charge on any atom is -0.379 e. The van der Waals surface area contributed by atoms with E-state index in [0.717, 1.165) is 38.1 Å². The number of β-amino-alcohol motifs (C(OH)–C–C–N with tert-alkyl or cyclic N) is 1. The molecule has 0 aromatic heterocycles. The Morgan fingerprint density at radius 1 is 1.04 bits per heavy atom. The minimum atomic E-state index is -1.37. The topological polar surface area (TPSA) is 43.8 Å². The molecule has 3 rings (SSSR count). The van der Waals surface area contributed by atoms with Crippen LogP contribution >= 0.6 is 0 Å². The second-order valence-electron chi connectivity index (χ2n) is 6.95. The summed E-state index contributed by atoms with van der Waals surface area (Å²) in [5.41, 5.74) is -0.835. The van der Waals surface area contributed by atoms with E-state index in [1.807, 2.05) is 0 Å². The van der Waals surface area contributed by atoms with E-state index in [4.69, 9.17) is 0 Å². The molecule has 2 fully saturated rings. The molecule has 132 valence electrons. The van der Waals surface area contributed by atoms with Crippen molar-refractivity contribution in [1.82, 2.24) is 9.80 Å². The van der Waals surface area contributed by atoms with Gasteiger partial charge in [0.05, 0.1) is 0 Å². The van der Waals surface area contributed by atoms with E-state index in [-0.39, 0.29) is 12.5 Å². The molecule has 1 aromatic carbocycles. The highest BCUT2D eigenvalue weighted by molar-refractivity contribution is 5.86. The van der Waals surface area contributed by atoms with Crippen LogP contribution in [0.25, 0.3) is 0 Å². The van der Waals surface area contributed by atoms with Crippen molar-refractivity contribution in [2.45, 2.75) is 44.2 Å². The van der Waals surface area contributed by atoms with Crippen molar-refractivity contribution in [2.24, 2.45) is 0 Å². The van der Waals surface area contributed by atoms with Crippen LogP contribution in [0.4, 0.5) is 8.78 Å². The normalized spacial score (nSPS) is 26.0. The molecule has 1 amide bonds. The Hall–Kier alpha value is -1.53. The number of carbonyl (C=O) groups is 1. The van der Waals surface area contributed by atoms with Crippen molar-refractivity contribution < 1.29 is 18.7 Å². The molecule has 2 aliphatic rings. The van der Waals surface area contributed by atoms with Gasteiger partial charge in [-0.2, -0.15) is 0 Å². The molecule has 0 spiro atoms. The molecule has 0 bridgehead atoms. The van der Waals surface area contributed by atoms with Crippen molar-refractivity contribution in [1.29, 1.82) is 0 Å². The van der Waals surface area contributed by atoms with Gasteiger partial charge in [0, 0.05) is 19.6 Å². The quantitative estimate of drug-likeness (QED) is 0.916. The fraction of sp³-hybridized carbons (Fsp3) is 0.611. The lowest BCUT2D eigenvalue weighted by molar-refractivity contribution is -0.160. The second kappa shape index (κ2) is 7.15. The molecule has 1 unspecified atom stereocenters. The predicted molar refractivity (Wildman–Crippen MR) is 86.2 cm³/mol. The Bertz CT molecular complexity index is 605. The monoisotopic (exact) mass is 338 g/mol. The summed E-state index contributed by atoms with van der Waals surface area (Å²) >= 11 is 0. The van der Waals surface area contributed by atoms with Crippen LogP contribution in [0.3, 0.4) is 0 Å². The highest BCUT2D eigenvalue weighted by Gasteiger charge is 2.43. The van der Waals surface area contributed by atoms with Gasteiger partial charge in [0.15, 0.2) is 17.2 Å². The highest BCUT2D eigenvalue weighted by atomic mass is 19.2. The standard InChI is InChI=1S/C18H24F2N2O2/c19-15-6-5-14(11-16(15)20)12-22-10-4-7-18(24,17(22)23)13-21-8-2-1-3-9-21/h5-6,11,24H,1-4,7-10,12-13H2. The molecule has 1 N–H and O–H groups in total. The van der Waals surface area contributed by atoms with Crippen molar-refractivity contribution in [3.63, 3.8) is 0 Å². The molecule has 2 heterocycles. The van der Waals surface area contributed by atoms with Crippen LogP contribution in [0, 0.1) is 11.6 Å². The van der Waals surface area contributed by atoms with E-state index in [9.17, 15) is 18.7 Å². The Kier molecular flexibility index (Phi) is 5.15. The third-order valence-corrected chi connectivity index (χ3v) is 5.00. The number of piperidine rings is 2. The zero-order valence-electron chi connectivity index (χ0n) is 13.8. The molecular formula is C18H24F2N2O2. The smallest absolute Gasteiger partial charge is 0.256 e. The van der Waals surface area contributed by atoms with Crippen LogP contribution in [0.1, 0.15) is 37.7 Å². The summed E-state index contributed by atoms with van der Waals surface area (Å²) in [6.07, 6.45) is 4.56. The molecule has 0 radical (unpaired) electrons. The van der Waals surface area contributed by atoms with Gasteiger partial charge in [-0.1, -0.05) is 12.5 Å². The number of halogens is 2. The maximum Gasteiger partial charge on any atom is 0.256 e. The summed E-state index contributed by atoms with van der Waals surface area (Å²) in [6.45, 7) is 2.91. The number of carbonyl (C=O) groups excluding carboxylic acids is 1. The van der Waals surface area contributed by atoms with Gasteiger partial charge in [0.25, 0.3) is 5.91 Å². The van der Waals surface area contributed by atoms with E-state index < -0.39 is 17.2 Å². The largest absolute Gasteiger partial charge is 0.379 e. The van der Waals surface area contributed by atoms with E-state index >= 15 is 0 Å². The summed E-state index contributed by atoms with van der Waals surface area (Å²) in [5.74, 6) is -2.12. The van der Waals surface area contributed by atoms with Crippen LogP contribution < -0.4 is 0 Å². The summed E-state index contributed by atoms with van der Waals surface area (Å²) in [6, 6.07) is 3.66. The summed E-state index contributed by atoms with van der Waals surface area (Å²) in [4.78, 5) is 16.5. The van der Waals surface area contributed by atoms with Crippen LogP contribution in [0.5, 0.6) is 0 Å². The van der Waals surface area contributed by atoms with Gasteiger partial charge in [-0.3, -0.25) is 9.69 Å². The number of aliphatic hydroxyl groups is 1. The minimum absolute atomic E-state index is 0.193. The lowest BCUT2D eigenvalue weighted by Crippen LogP contribution is -2.58. The third-order valence-electron chi connectivity index (χ3n) is 5.00. The number of hydrogen-bond acceptors (Lipinski definition) is 3. The zero-order valence-corrected chi connectivity index (χ0v) is 13.8. The van der Waals surface area contributed by atoms with Gasteiger partial charge in [-0.15, -0.1) is 0 Å². The number of likely N-dealkylation sites (tertiary alicyclic amines) is 2. The van der Waals surface area contributed by atoms with E-state index in [1.165, 1.54) is 12.5 Å². The number of hydrogen-bond donors (Lipinski definition) is 1. The fourth-order valence-electron chi connectivity index (χ4n) is 3.71. The SMILES string of the molecule is O=C1N(Cc2ccc(F)c(F)c2)CCCC1(O)CN1CCCCC1. The number of amides is 1. The maximum absolute atomic E-state index is 13.4. The molecule has 6 heteroatoms. The number of nitrogens with zero attached hydrogens (tertiary/aromatic N) is 2. The number of rotatable bonds is 4. The van der Waals surface area contributed by atoms with Gasteiger partial charge < -0.3 is 10.0 Å². The van der Waals surface area contributed by atoms with Crippen LogP contribution in [-0.4, -0.2) is 52.6 Å². The average molecular weight is 338 g/mol. The molecule has 24 heavy (non-hydrogen) atoms. The van der Waals surface area contributed by atoms with Crippen LogP contribution in [0.15, 0.2) is 18.2 Å². The molecule has 2 aliphatic heterocycles. The van der Waals surface area contributed by atoms with E-state index in [0.29, 0.717) is 31.5 Å². The molecule has 0 saturated carbocycles. The molecule has 2 saturated heterocycles. The van der Waals surface area contributed by atoms with Crippen LogP contribution in [0.2, 0.25) is 0 Å².